The highest BCUT2D eigenvalue weighted by molar-refractivity contribution is 5.70. The van der Waals surface area contributed by atoms with E-state index in [0.29, 0.717) is 11.6 Å². The van der Waals surface area contributed by atoms with Crippen molar-refractivity contribution in [3.05, 3.63) is 66.9 Å². The molecule has 31 heavy (non-hydrogen) atoms. The molecule has 0 aliphatic heterocycles. The van der Waals surface area contributed by atoms with Crippen LogP contribution in [-0.4, -0.2) is 31.6 Å². The Bertz CT molecular complexity index is 1230. The van der Waals surface area contributed by atoms with Gasteiger partial charge in [-0.3, -0.25) is 4.40 Å². The zero-order chi connectivity index (χ0) is 21.2. The first kappa shape index (κ1) is 19.5. The van der Waals surface area contributed by atoms with Gasteiger partial charge in [-0.05, 0) is 54.9 Å². The number of halogens is 1. The van der Waals surface area contributed by atoms with Crippen molar-refractivity contribution in [2.75, 3.05) is 0 Å². The number of pyridine rings is 1. The summed E-state index contributed by atoms with van der Waals surface area (Å²) in [6, 6.07) is 14.3. The molecule has 0 bridgehead atoms. The molecule has 1 fully saturated rings. The molecule has 0 unspecified atom stereocenters. The van der Waals surface area contributed by atoms with Gasteiger partial charge in [0.05, 0.1) is 18.1 Å². The van der Waals surface area contributed by atoms with Crippen LogP contribution in [0.5, 0.6) is 0 Å². The average Bonchev–Trinajstić information content (AvgIpc) is 3.23. The smallest absolute Gasteiger partial charge is 0.249 e. The molecule has 156 valence electrons. The lowest BCUT2D eigenvalue weighted by Gasteiger charge is -2.22. The lowest BCUT2D eigenvalue weighted by molar-refractivity contribution is 0.396. The Labute approximate surface area is 179 Å². The second kappa shape index (κ2) is 8.35. The fourth-order valence-electron chi connectivity index (χ4n) is 4.03. The van der Waals surface area contributed by atoms with E-state index in [4.69, 9.17) is 5.73 Å². The summed E-state index contributed by atoms with van der Waals surface area (Å²) in [7, 11) is 0. The molecule has 0 atom stereocenters. The molecule has 1 saturated carbocycles. The van der Waals surface area contributed by atoms with Gasteiger partial charge in [0.15, 0.2) is 5.82 Å². The fourth-order valence-corrected chi connectivity index (χ4v) is 4.03. The summed E-state index contributed by atoms with van der Waals surface area (Å²) >= 11 is 0. The van der Waals surface area contributed by atoms with Crippen LogP contribution in [0.15, 0.2) is 66.0 Å². The van der Waals surface area contributed by atoms with Crippen LogP contribution in [0.1, 0.15) is 25.7 Å². The van der Waals surface area contributed by atoms with Crippen molar-refractivity contribution in [1.82, 2.24) is 19.4 Å². The number of nitrogens with two attached hydrogens (primary N) is 1. The summed E-state index contributed by atoms with van der Waals surface area (Å²) in [4.78, 5) is 17.3. The Hall–Kier alpha value is -3.45. The number of aliphatic imine (C=N–C) groups is 1. The minimum Gasteiger partial charge on any atom is -0.328 e. The number of nitrogens with zero attached hydrogens (tertiary/aromatic N) is 5. The van der Waals surface area contributed by atoms with Gasteiger partial charge in [-0.15, -0.1) is 0 Å². The van der Waals surface area contributed by atoms with Gasteiger partial charge in [0.1, 0.15) is 11.3 Å². The van der Waals surface area contributed by atoms with Crippen molar-refractivity contribution >= 4 is 17.8 Å². The molecule has 0 amide bonds. The van der Waals surface area contributed by atoms with Crippen molar-refractivity contribution in [2.24, 2.45) is 16.6 Å². The third-order valence-corrected chi connectivity index (χ3v) is 5.81. The third kappa shape index (κ3) is 4.09. The monoisotopic (exact) mass is 414 g/mol. The van der Waals surface area contributed by atoms with Gasteiger partial charge in [0.2, 0.25) is 5.95 Å². The normalized spacial score (nSPS) is 19.3. The van der Waals surface area contributed by atoms with Crippen LogP contribution in [0.4, 0.5) is 10.3 Å². The quantitative estimate of drug-likeness (QED) is 0.486. The number of hydrogen-bond acceptors (Lipinski definition) is 5. The van der Waals surface area contributed by atoms with E-state index in [-0.39, 0.29) is 17.7 Å². The molecular weight excluding hydrogens is 391 g/mol. The Morgan fingerprint density at radius 1 is 1.00 bits per heavy atom. The van der Waals surface area contributed by atoms with Crippen LogP contribution in [0.3, 0.4) is 0 Å². The SMILES string of the molecule is NC1CCC(C=Nc2ncc(F)c(-c3cnc4cc(-c5ccccc5)ccn34)n2)CC1. The predicted molar refractivity (Wildman–Crippen MR) is 120 cm³/mol. The number of imidazole rings is 1. The minimum atomic E-state index is -0.503. The highest BCUT2D eigenvalue weighted by Gasteiger charge is 2.18. The summed E-state index contributed by atoms with van der Waals surface area (Å²) < 4.78 is 16.4. The molecule has 1 aliphatic carbocycles. The van der Waals surface area contributed by atoms with Crippen LogP contribution in [0.25, 0.3) is 28.2 Å². The molecule has 0 spiro atoms. The molecule has 3 heterocycles. The first-order valence-corrected chi connectivity index (χ1v) is 10.5. The molecule has 7 heteroatoms. The third-order valence-electron chi connectivity index (χ3n) is 5.81. The average molecular weight is 414 g/mol. The van der Waals surface area contributed by atoms with E-state index in [0.717, 1.165) is 42.5 Å². The Balaban J connectivity index is 1.45. The molecule has 0 radical (unpaired) electrons. The Kier molecular flexibility index (Phi) is 5.26. The van der Waals surface area contributed by atoms with Crippen molar-refractivity contribution in [3.63, 3.8) is 0 Å². The molecule has 5 rings (SSSR count). The minimum absolute atomic E-state index is 0.188. The summed E-state index contributed by atoms with van der Waals surface area (Å²) in [5.74, 6) is 0.114. The maximum absolute atomic E-state index is 14.6. The Morgan fingerprint density at radius 2 is 1.81 bits per heavy atom. The van der Waals surface area contributed by atoms with E-state index in [1.807, 2.05) is 59.3 Å². The molecule has 6 nitrogen and oxygen atoms in total. The molecule has 4 aromatic rings. The zero-order valence-corrected chi connectivity index (χ0v) is 17.0. The number of fused-ring (bicyclic) bond motifs is 1. The number of hydrogen-bond donors (Lipinski definition) is 1. The van der Waals surface area contributed by atoms with E-state index >= 15 is 0 Å². The van der Waals surface area contributed by atoms with Crippen molar-refractivity contribution in [1.29, 1.82) is 0 Å². The van der Waals surface area contributed by atoms with Crippen LogP contribution < -0.4 is 5.73 Å². The fraction of sp³-hybridized carbons (Fsp3) is 0.250. The number of rotatable bonds is 4. The maximum atomic E-state index is 14.6. The van der Waals surface area contributed by atoms with Gasteiger partial charge in [-0.2, -0.15) is 0 Å². The lowest BCUT2D eigenvalue weighted by atomic mass is 9.87. The predicted octanol–water partition coefficient (Wildman–Crippen LogP) is 4.82. The number of aromatic nitrogens is 4. The van der Waals surface area contributed by atoms with Crippen molar-refractivity contribution in [3.8, 4) is 22.5 Å². The van der Waals surface area contributed by atoms with E-state index in [1.54, 1.807) is 6.20 Å². The topological polar surface area (TPSA) is 81.5 Å². The van der Waals surface area contributed by atoms with Crippen molar-refractivity contribution in [2.45, 2.75) is 31.7 Å². The second-order valence-corrected chi connectivity index (χ2v) is 7.97. The largest absolute Gasteiger partial charge is 0.328 e. The van der Waals surface area contributed by atoms with Crippen LogP contribution in [0, 0.1) is 11.7 Å². The first-order valence-electron chi connectivity index (χ1n) is 10.5. The molecule has 1 aromatic carbocycles. The summed E-state index contributed by atoms with van der Waals surface area (Å²) in [5.41, 5.74) is 9.58. The summed E-state index contributed by atoms with van der Waals surface area (Å²) in [6.45, 7) is 0. The summed E-state index contributed by atoms with van der Waals surface area (Å²) in [6.07, 6.45) is 10.6. The van der Waals surface area contributed by atoms with E-state index < -0.39 is 5.82 Å². The zero-order valence-electron chi connectivity index (χ0n) is 17.0. The molecule has 3 aromatic heterocycles. The van der Waals surface area contributed by atoms with Gasteiger partial charge in [0, 0.05) is 18.5 Å². The molecule has 0 saturated heterocycles. The van der Waals surface area contributed by atoms with Crippen LogP contribution in [0.2, 0.25) is 0 Å². The van der Waals surface area contributed by atoms with E-state index in [9.17, 15) is 4.39 Å². The lowest BCUT2D eigenvalue weighted by Crippen LogP contribution is -2.26. The Morgan fingerprint density at radius 3 is 2.61 bits per heavy atom. The van der Waals surface area contributed by atoms with E-state index in [2.05, 4.69) is 19.9 Å². The molecular formula is C24H23FN6. The maximum Gasteiger partial charge on any atom is 0.249 e. The highest BCUT2D eigenvalue weighted by atomic mass is 19.1. The van der Waals surface area contributed by atoms with Crippen LogP contribution >= 0.6 is 0 Å². The van der Waals surface area contributed by atoms with Gasteiger partial charge in [-0.1, -0.05) is 30.3 Å². The molecule has 2 N–H and O–H groups in total. The number of benzene rings is 1. The van der Waals surface area contributed by atoms with E-state index in [1.165, 1.54) is 6.20 Å². The van der Waals surface area contributed by atoms with Gasteiger partial charge >= 0.3 is 0 Å². The second-order valence-electron chi connectivity index (χ2n) is 7.97. The standard InChI is InChI=1S/C24H23FN6/c25-20-14-29-24(28-13-16-6-8-19(26)9-7-16)30-23(20)21-15-27-22-12-18(10-11-31(21)22)17-4-2-1-3-5-17/h1-5,10-16,19H,6-9,26H2. The van der Waals surface area contributed by atoms with Crippen LogP contribution in [-0.2, 0) is 0 Å². The highest BCUT2D eigenvalue weighted by Crippen LogP contribution is 2.27. The van der Waals surface area contributed by atoms with Gasteiger partial charge < -0.3 is 5.73 Å². The molecule has 1 aliphatic rings. The van der Waals surface area contributed by atoms with Crippen molar-refractivity contribution < 1.29 is 4.39 Å². The summed E-state index contributed by atoms with van der Waals surface area (Å²) in [5, 5.41) is 0. The van der Waals surface area contributed by atoms with Gasteiger partial charge in [0.25, 0.3) is 0 Å². The van der Waals surface area contributed by atoms with Gasteiger partial charge in [-0.25, -0.2) is 24.3 Å². The first-order chi connectivity index (χ1) is 15.2.